The number of nitrogens with two attached hydrogens (primary N) is 1. The van der Waals surface area contributed by atoms with Gasteiger partial charge in [0.25, 0.3) is 0 Å². The molecule has 0 aliphatic heterocycles. The number of aromatic nitrogens is 2. The van der Waals surface area contributed by atoms with Gasteiger partial charge in [-0.25, -0.2) is 4.98 Å². The van der Waals surface area contributed by atoms with Crippen molar-refractivity contribution in [2.45, 2.75) is 13.5 Å². The molecule has 3 rings (SSSR count). The highest BCUT2D eigenvalue weighted by atomic mass is 15.1. The van der Waals surface area contributed by atoms with E-state index in [-0.39, 0.29) is 0 Å². The van der Waals surface area contributed by atoms with Crippen molar-refractivity contribution in [2.24, 2.45) is 0 Å². The minimum atomic E-state index is 0.760. The van der Waals surface area contributed by atoms with E-state index in [1.54, 1.807) is 0 Å². The fourth-order valence-electron chi connectivity index (χ4n) is 2.36. The van der Waals surface area contributed by atoms with E-state index in [1.807, 2.05) is 49.4 Å². The van der Waals surface area contributed by atoms with E-state index in [4.69, 9.17) is 10.7 Å². The summed E-state index contributed by atoms with van der Waals surface area (Å²) in [6.45, 7) is 6.81. The number of benzene rings is 2. The molecule has 0 saturated carbocycles. The van der Waals surface area contributed by atoms with Gasteiger partial charge in [0, 0.05) is 17.8 Å². The van der Waals surface area contributed by atoms with Gasteiger partial charge in [-0.2, -0.15) is 0 Å². The number of para-hydroxylation sites is 2. The Hall–Kier alpha value is -2.55. The summed E-state index contributed by atoms with van der Waals surface area (Å²) in [6, 6.07) is 16.0. The van der Waals surface area contributed by atoms with Gasteiger partial charge in [0.15, 0.2) is 0 Å². The van der Waals surface area contributed by atoms with E-state index < -0.39 is 0 Å². The quantitative estimate of drug-likeness (QED) is 0.576. The lowest BCUT2D eigenvalue weighted by atomic mass is 10.2. The van der Waals surface area contributed by atoms with Crippen LogP contribution in [0.25, 0.3) is 22.4 Å². The van der Waals surface area contributed by atoms with Crippen LogP contribution in [0.5, 0.6) is 0 Å². The molecule has 100 valence electrons. The first-order chi connectivity index (χ1) is 9.65. The van der Waals surface area contributed by atoms with Gasteiger partial charge in [-0.1, -0.05) is 24.3 Å². The van der Waals surface area contributed by atoms with E-state index in [0.717, 1.165) is 40.2 Å². The molecule has 3 heteroatoms. The zero-order valence-electron chi connectivity index (χ0n) is 11.5. The molecule has 3 nitrogen and oxygen atoms in total. The van der Waals surface area contributed by atoms with E-state index in [1.165, 1.54) is 0 Å². The van der Waals surface area contributed by atoms with Crippen molar-refractivity contribution < 1.29 is 0 Å². The second kappa shape index (κ2) is 4.85. The lowest BCUT2D eigenvalue weighted by Gasteiger charge is -2.09. The van der Waals surface area contributed by atoms with Crippen LogP contribution in [0.15, 0.2) is 60.7 Å². The fraction of sp³-hybridized carbons (Fsp3) is 0.118. The normalized spacial score (nSPS) is 10.8. The Morgan fingerprint density at radius 3 is 2.55 bits per heavy atom. The molecule has 0 atom stereocenters. The number of hydrogen-bond acceptors (Lipinski definition) is 2. The number of anilines is 1. The van der Waals surface area contributed by atoms with Crippen LogP contribution in [0.3, 0.4) is 0 Å². The highest BCUT2D eigenvalue weighted by molar-refractivity contribution is 5.81. The van der Waals surface area contributed by atoms with Crippen molar-refractivity contribution in [2.75, 3.05) is 5.73 Å². The summed E-state index contributed by atoms with van der Waals surface area (Å²) in [5.74, 6) is 0.953. The van der Waals surface area contributed by atoms with Crippen LogP contribution in [-0.4, -0.2) is 9.55 Å². The summed E-state index contributed by atoms with van der Waals surface area (Å²) in [7, 11) is 0. The molecule has 0 saturated heterocycles. The minimum Gasteiger partial charge on any atom is -0.399 e. The Balaban J connectivity index is 2.23. The number of fused-ring (bicyclic) bond motifs is 1. The maximum absolute atomic E-state index is 5.76. The van der Waals surface area contributed by atoms with Crippen LogP contribution < -0.4 is 5.73 Å². The molecule has 0 unspecified atom stereocenters. The Morgan fingerprint density at radius 2 is 1.85 bits per heavy atom. The molecule has 1 aromatic heterocycles. The van der Waals surface area contributed by atoms with E-state index in [2.05, 4.69) is 17.2 Å². The molecule has 0 amide bonds. The standard InChI is InChI=1S/C17H17N3/c1-12(2)11-20-16-6-4-3-5-15(16)19-17(20)13-7-9-14(18)10-8-13/h3-10H,1,11,18H2,2H3. The van der Waals surface area contributed by atoms with Crippen molar-refractivity contribution >= 4 is 16.7 Å². The van der Waals surface area contributed by atoms with Crippen molar-refractivity contribution in [1.82, 2.24) is 9.55 Å². The third kappa shape index (κ3) is 2.18. The second-order valence-electron chi connectivity index (χ2n) is 5.09. The topological polar surface area (TPSA) is 43.8 Å². The van der Waals surface area contributed by atoms with Crippen LogP contribution in [0.2, 0.25) is 0 Å². The molecule has 3 aromatic rings. The molecule has 2 aromatic carbocycles. The van der Waals surface area contributed by atoms with Crippen LogP contribution in [0, 0.1) is 0 Å². The summed E-state index contributed by atoms with van der Waals surface area (Å²) in [6.07, 6.45) is 0. The molecular weight excluding hydrogens is 246 g/mol. The number of imidazole rings is 1. The first-order valence-corrected chi connectivity index (χ1v) is 6.61. The first-order valence-electron chi connectivity index (χ1n) is 6.61. The molecule has 0 aliphatic rings. The second-order valence-corrected chi connectivity index (χ2v) is 5.09. The van der Waals surface area contributed by atoms with Crippen molar-refractivity contribution in [3.63, 3.8) is 0 Å². The Labute approximate surface area is 118 Å². The first kappa shape index (κ1) is 12.5. The Morgan fingerprint density at radius 1 is 1.15 bits per heavy atom. The maximum atomic E-state index is 5.76. The van der Waals surface area contributed by atoms with Gasteiger partial charge in [0.1, 0.15) is 5.82 Å². The molecule has 0 aliphatic carbocycles. The zero-order valence-corrected chi connectivity index (χ0v) is 11.5. The van der Waals surface area contributed by atoms with Crippen LogP contribution in [-0.2, 0) is 6.54 Å². The van der Waals surface area contributed by atoms with E-state index in [9.17, 15) is 0 Å². The van der Waals surface area contributed by atoms with Gasteiger partial charge < -0.3 is 10.3 Å². The van der Waals surface area contributed by atoms with Gasteiger partial charge >= 0.3 is 0 Å². The summed E-state index contributed by atoms with van der Waals surface area (Å²) < 4.78 is 2.20. The predicted molar refractivity (Wildman–Crippen MR) is 84.4 cm³/mol. The van der Waals surface area contributed by atoms with Crippen molar-refractivity contribution in [3.8, 4) is 11.4 Å². The zero-order chi connectivity index (χ0) is 14.1. The molecule has 0 spiro atoms. The summed E-state index contributed by atoms with van der Waals surface area (Å²) in [4.78, 5) is 4.75. The third-order valence-corrected chi connectivity index (χ3v) is 3.25. The van der Waals surface area contributed by atoms with Gasteiger partial charge in [-0.15, -0.1) is 0 Å². The van der Waals surface area contributed by atoms with Crippen LogP contribution >= 0.6 is 0 Å². The largest absolute Gasteiger partial charge is 0.399 e. The monoisotopic (exact) mass is 263 g/mol. The maximum Gasteiger partial charge on any atom is 0.141 e. The Kier molecular flexibility index (Phi) is 3.03. The van der Waals surface area contributed by atoms with E-state index in [0.29, 0.717) is 0 Å². The van der Waals surface area contributed by atoms with Crippen molar-refractivity contribution in [1.29, 1.82) is 0 Å². The van der Waals surface area contributed by atoms with Crippen LogP contribution in [0.1, 0.15) is 6.92 Å². The third-order valence-electron chi connectivity index (χ3n) is 3.25. The van der Waals surface area contributed by atoms with Gasteiger partial charge in [-0.05, 0) is 43.3 Å². The minimum absolute atomic E-state index is 0.760. The molecular formula is C17H17N3. The SMILES string of the molecule is C=C(C)Cn1c(-c2ccc(N)cc2)nc2ccccc21. The summed E-state index contributed by atoms with van der Waals surface area (Å²) in [5, 5.41) is 0. The average molecular weight is 263 g/mol. The number of rotatable bonds is 3. The molecule has 0 fully saturated rings. The fourth-order valence-corrected chi connectivity index (χ4v) is 2.36. The van der Waals surface area contributed by atoms with E-state index >= 15 is 0 Å². The van der Waals surface area contributed by atoms with Gasteiger partial charge in [0.05, 0.1) is 11.0 Å². The molecule has 20 heavy (non-hydrogen) atoms. The predicted octanol–water partition coefficient (Wildman–Crippen LogP) is 3.86. The molecule has 0 bridgehead atoms. The van der Waals surface area contributed by atoms with Crippen molar-refractivity contribution in [3.05, 3.63) is 60.7 Å². The summed E-state index contributed by atoms with van der Waals surface area (Å²) in [5.41, 5.74) is 10.8. The average Bonchev–Trinajstić information content (AvgIpc) is 2.78. The lowest BCUT2D eigenvalue weighted by Crippen LogP contribution is -2.01. The molecule has 2 N–H and O–H groups in total. The number of allylic oxidation sites excluding steroid dienone is 1. The van der Waals surface area contributed by atoms with Crippen LogP contribution in [0.4, 0.5) is 5.69 Å². The lowest BCUT2D eigenvalue weighted by molar-refractivity contribution is 0.820. The highest BCUT2D eigenvalue weighted by Crippen LogP contribution is 2.26. The van der Waals surface area contributed by atoms with Gasteiger partial charge in [-0.3, -0.25) is 0 Å². The molecule has 1 heterocycles. The number of nitrogen functional groups attached to an aromatic ring is 1. The highest BCUT2D eigenvalue weighted by Gasteiger charge is 2.11. The molecule has 0 radical (unpaired) electrons. The number of nitrogens with zero attached hydrogens (tertiary/aromatic N) is 2. The van der Waals surface area contributed by atoms with Gasteiger partial charge in [0.2, 0.25) is 0 Å². The smallest absolute Gasteiger partial charge is 0.141 e. The summed E-state index contributed by atoms with van der Waals surface area (Å²) >= 11 is 0. The number of hydrogen-bond donors (Lipinski definition) is 1. The Bertz CT molecular complexity index is 767.